The molecule has 396 valence electrons. The van der Waals surface area contributed by atoms with Gasteiger partial charge in [-0.15, -0.1) is 0 Å². The number of carbonyl (C=O) groups is 4. The number of ether oxygens (including phenoxy) is 2. The SMILES string of the molecule is CC(C)n1ncc(-c2ccc(-c3ccc(C4(C(=O)O)CC4)cc3)cc2)c1NC(=O)O[C@H](C)c1ccccc1.CC(C)n1ncc(-c2ccc(-c3ccc(C4(C(=O)[O-])CC4)cc3)cc2)c1NC(=O)O[C@H](C)c1ccccc1.[Na+].[Na+].[OH-]. The maximum atomic E-state index is 12.8. The van der Waals surface area contributed by atoms with Gasteiger partial charge in [-0.05, 0) is 123 Å². The molecule has 17 heteroatoms. The molecule has 6 aromatic carbocycles. The van der Waals surface area contributed by atoms with Crippen molar-refractivity contribution in [1.29, 1.82) is 0 Å². The molecule has 2 aliphatic rings. The molecule has 8 aromatic rings. The number of anilines is 2. The van der Waals surface area contributed by atoms with Crippen molar-refractivity contribution in [2.24, 2.45) is 0 Å². The van der Waals surface area contributed by atoms with E-state index in [4.69, 9.17) is 9.47 Å². The van der Waals surface area contributed by atoms with Crippen molar-refractivity contribution in [3.05, 3.63) is 192 Å². The summed E-state index contributed by atoms with van der Waals surface area (Å²) >= 11 is 0. The second-order valence-corrected chi connectivity index (χ2v) is 20.1. The van der Waals surface area contributed by atoms with E-state index in [2.05, 4.69) is 20.8 Å². The van der Waals surface area contributed by atoms with Gasteiger partial charge in [-0.3, -0.25) is 15.4 Å². The van der Waals surface area contributed by atoms with Crippen LogP contribution in [0, 0.1) is 0 Å². The average molecular weight is 1080 g/mol. The molecule has 2 atom stereocenters. The first kappa shape index (κ1) is 61.4. The molecule has 2 amide bonds. The predicted octanol–water partition coefficient (Wildman–Crippen LogP) is 6.94. The van der Waals surface area contributed by atoms with Crippen LogP contribution in [0.2, 0.25) is 0 Å². The molecule has 2 aromatic heterocycles. The van der Waals surface area contributed by atoms with E-state index < -0.39 is 47.2 Å². The topological polar surface area (TPSA) is 220 Å². The Morgan fingerprint density at radius 2 is 0.797 bits per heavy atom. The minimum atomic E-state index is -1.00. The van der Waals surface area contributed by atoms with E-state index in [-0.39, 0.29) is 76.7 Å². The number of nitrogens with one attached hydrogen (secondary N) is 2. The van der Waals surface area contributed by atoms with Crippen LogP contribution < -0.4 is 74.9 Å². The van der Waals surface area contributed by atoms with Gasteiger partial charge in [0.15, 0.2) is 0 Å². The van der Waals surface area contributed by atoms with Crippen LogP contribution in [-0.2, 0) is 29.9 Å². The van der Waals surface area contributed by atoms with E-state index >= 15 is 0 Å². The minimum absolute atomic E-state index is 0. The third-order valence-corrected chi connectivity index (χ3v) is 14.3. The first-order chi connectivity index (χ1) is 36.6. The van der Waals surface area contributed by atoms with Crippen LogP contribution in [0.5, 0.6) is 0 Å². The molecule has 2 fully saturated rings. The van der Waals surface area contributed by atoms with Gasteiger partial charge in [0.1, 0.15) is 23.8 Å². The van der Waals surface area contributed by atoms with E-state index in [1.807, 2.05) is 199 Å². The number of aliphatic carboxylic acids is 2. The Bertz CT molecular complexity index is 3120. The maximum Gasteiger partial charge on any atom is 1.00 e. The van der Waals surface area contributed by atoms with Crippen LogP contribution in [0.15, 0.2) is 170 Å². The molecular formula is C62H62N6Na2O9. The summed E-state index contributed by atoms with van der Waals surface area (Å²) < 4.78 is 14.8. The molecule has 0 spiro atoms. The van der Waals surface area contributed by atoms with Gasteiger partial charge in [0, 0.05) is 28.6 Å². The van der Waals surface area contributed by atoms with Crippen LogP contribution in [0.3, 0.4) is 0 Å². The number of rotatable bonds is 16. The van der Waals surface area contributed by atoms with Crippen LogP contribution in [0.1, 0.15) is 114 Å². The fraction of sp³-hybridized carbons (Fsp3) is 0.258. The summed E-state index contributed by atoms with van der Waals surface area (Å²) in [6, 6.07) is 50.7. The molecular weight excluding hydrogens is 1020 g/mol. The monoisotopic (exact) mass is 1080 g/mol. The minimum Gasteiger partial charge on any atom is -0.870 e. The predicted molar refractivity (Wildman–Crippen MR) is 293 cm³/mol. The van der Waals surface area contributed by atoms with Crippen molar-refractivity contribution < 1.29 is 103 Å². The third kappa shape index (κ3) is 13.8. The number of nitrogens with zero attached hydrogens (tertiary/aromatic N) is 4. The summed E-state index contributed by atoms with van der Waals surface area (Å²) in [6.45, 7) is 11.7. The fourth-order valence-electron chi connectivity index (χ4n) is 9.47. The smallest absolute Gasteiger partial charge is 0.870 e. The van der Waals surface area contributed by atoms with Gasteiger partial charge in [-0.1, -0.05) is 158 Å². The van der Waals surface area contributed by atoms with Crippen molar-refractivity contribution in [1.82, 2.24) is 19.6 Å². The Kier molecular flexibility index (Phi) is 20.5. The van der Waals surface area contributed by atoms with Gasteiger partial charge < -0.3 is 30.0 Å². The van der Waals surface area contributed by atoms with Crippen molar-refractivity contribution >= 4 is 35.8 Å². The standard InChI is InChI=1S/2C31H31N3O4.2Na.H2O/c2*1-20(2)34-28(33-30(37)38-21(3)22-7-5-4-6-8-22)27(19-32-34)25-11-9-23(10-12-25)24-13-15-26(16-14-24)31(17-18-31)29(35)36;;;/h2*4-16,19-21H,17-18H2,1-3H3,(H,33,37)(H,35,36);;;1H2/q;;2*+1;/p-2/t2*21-;;;/m11.../s1. The zero-order valence-corrected chi connectivity index (χ0v) is 49.8. The summed E-state index contributed by atoms with van der Waals surface area (Å²) in [5.74, 6) is -0.608. The second kappa shape index (κ2) is 26.4. The molecule has 10 rings (SSSR count). The van der Waals surface area contributed by atoms with Gasteiger partial charge in [-0.25, -0.2) is 19.0 Å². The Morgan fingerprint density at radius 1 is 0.494 bits per heavy atom. The van der Waals surface area contributed by atoms with Gasteiger partial charge in [-0.2, -0.15) is 10.2 Å². The molecule has 15 nitrogen and oxygen atoms in total. The van der Waals surface area contributed by atoms with E-state index in [9.17, 15) is 29.4 Å². The number of carbonyl (C=O) groups excluding carboxylic acids is 3. The number of hydrogen-bond donors (Lipinski definition) is 3. The van der Waals surface area contributed by atoms with E-state index in [0.29, 0.717) is 37.3 Å². The third-order valence-electron chi connectivity index (χ3n) is 14.3. The zero-order chi connectivity index (χ0) is 53.7. The van der Waals surface area contributed by atoms with Crippen LogP contribution in [0.4, 0.5) is 21.2 Å². The zero-order valence-electron chi connectivity index (χ0n) is 45.8. The quantitative estimate of drug-likeness (QED) is 0.0842. The number of carboxylic acid groups (broad SMARTS) is 2. The molecule has 0 saturated heterocycles. The van der Waals surface area contributed by atoms with Crippen LogP contribution in [-0.4, -0.2) is 54.3 Å². The van der Waals surface area contributed by atoms with E-state index in [1.165, 1.54) is 0 Å². The summed E-state index contributed by atoms with van der Waals surface area (Å²) in [4.78, 5) is 48.8. The normalized spacial score (nSPS) is 14.1. The molecule has 2 aliphatic carbocycles. The average Bonchev–Trinajstić information content (AvgIpc) is 4.36. The molecule has 0 unspecified atom stereocenters. The van der Waals surface area contributed by atoms with Crippen molar-refractivity contribution in [2.75, 3.05) is 10.6 Å². The van der Waals surface area contributed by atoms with E-state index in [0.717, 1.165) is 66.8 Å². The summed E-state index contributed by atoms with van der Waals surface area (Å²) in [7, 11) is 0. The first-order valence-electron chi connectivity index (χ1n) is 25.6. The number of amides is 2. The summed E-state index contributed by atoms with van der Waals surface area (Å²) in [5.41, 5.74) is 9.36. The van der Waals surface area contributed by atoms with Crippen molar-refractivity contribution in [3.8, 4) is 44.5 Å². The Morgan fingerprint density at radius 3 is 1.09 bits per heavy atom. The molecule has 2 saturated carbocycles. The van der Waals surface area contributed by atoms with Gasteiger partial charge >= 0.3 is 77.3 Å². The number of aromatic nitrogens is 4. The van der Waals surface area contributed by atoms with Gasteiger partial charge in [0.25, 0.3) is 0 Å². The molecule has 0 radical (unpaired) electrons. The first-order valence-corrected chi connectivity index (χ1v) is 25.6. The maximum absolute atomic E-state index is 12.8. The fourth-order valence-corrected chi connectivity index (χ4v) is 9.47. The van der Waals surface area contributed by atoms with Crippen molar-refractivity contribution in [2.45, 2.75) is 102 Å². The van der Waals surface area contributed by atoms with Crippen LogP contribution in [0.25, 0.3) is 44.5 Å². The second-order valence-electron chi connectivity index (χ2n) is 20.1. The molecule has 79 heavy (non-hydrogen) atoms. The Hall–Kier alpha value is -6.82. The van der Waals surface area contributed by atoms with Gasteiger partial charge in [0.05, 0.1) is 23.8 Å². The van der Waals surface area contributed by atoms with E-state index in [1.54, 1.807) is 21.8 Å². The largest absolute Gasteiger partial charge is 1.00 e. The molecule has 4 N–H and O–H groups in total. The molecule has 0 bridgehead atoms. The number of carboxylic acids is 2. The number of hydrogen-bond acceptors (Lipinski definition) is 10. The van der Waals surface area contributed by atoms with Crippen LogP contribution >= 0.6 is 0 Å². The molecule has 2 heterocycles. The Labute approximate surface area is 504 Å². The van der Waals surface area contributed by atoms with Gasteiger partial charge in [0.2, 0.25) is 0 Å². The Balaban J connectivity index is 0.000000246. The summed E-state index contributed by atoms with van der Waals surface area (Å²) in [5, 5.41) is 35.9. The number of benzene rings is 6. The summed E-state index contributed by atoms with van der Waals surface area (Å²) in [6.07, 6.45) is 4.24. The van der Waals surface area contributed by atoms with Crippen molar-refractivity contribution in [3.63, 3.8) is 0 Å². The molecule has 0 aliphatic heterocycles.